The van der Waals surface area contributed by atoms with Crippen molar-refractivity contribution in [2.45, 2.75) is 25.9 Å². The molecule has 1 amide bonds. The van der Waals surface area contributed by atoms with Gasteiger partial charge in [0.2, 0.25) is 0 Å². The first-order valence-electron chi connectivity index (χ1n) is 10.2. The van der Waals surface area contributed by atoms with Gasteiger partial charge in [0.25, 0.3) is 5.91 Å². The van der Waals surface area contributed by atoms with Gasteiger partial charge in [-0.15, -0.1) is 0 Å². The van der Waals surface area contributed by atoms with Gasteiger partial charge in [0.05, 0.1) is 32.6 Å². The zero-order valence-electron chi connectivity index (χ0n) is 16.3. The summed E-state index contributed by atoms with van der Waals surface area (Å²) in [5, 5.41) is 0. The van der Waals surface area contributed by atoms with Crippen molar-refractivity contribution in [1.82, 2.24) is 14.7 Å². The first kappa shape index (κ1) is 19.2. The van der Waals surface area contributed by atoms with E-state index in [2.05, 4.69) is 9.80 Å². The summed E-state index contributed by atoms with van der Waals surface area (Å²) in [5.41, 5.74) is 0. The smallest absolute Gasteiger partial charge is 0.290 e. The molecule has 0 aromatic carbocycles. The highest BCUT2D eigenvalue weighted by Gasteiger charge is 2.23. The second-order valence-corrected chi connectivity index (χ2v) is 7.51. The van der Waals surface area contributed by atoms with Gasteiger partial charge in [-0.3, -0.25) is 14.6 Å². The Kier molecular flexibility index (Phi) is 6.46. The highest BCUT2D eigenvalue weighted by Crippen LogP contribution is 2.17. The zero-order chi connectivity index (χ0) is 19.2. The molecule has 2 fully saturated rings. The highest BCUT2D eigenvalue weighted by atomic mass is 16.5. The van der Waals surface area contributed by atoms with Crippen molar-refractivity contribution in [2.75, 3.05) is 52.5 Å². The van der Waals surface area contributed by atoms with Crippen LogP contribution >= 0.6 is 0 Å². The fourth-order valence-corrected chi connectivity index (χ4v) is 3.82. The van der Waals surface area contributed by atoms with E-state index in [9.17, 15) is 4.79 Å². The van der Waals surface area contributed by atoms with E-state index >= 15 is 0 Å². The van der Waals surface area contributed by atoms with Crippen molar-refractivity contribution in [3.8, 4) is 0 Å². The monoisotopic (exact) mass is 387 g/mol. The zero-order valence-corrected chi connectivity index (χ0v) is 16.3. The number of nitrogens with zero attached hydrogens (tertiary/aromatic N) is 3. The Bertz CT molecular complexity index is 731. The summed E-state index contributed by atoms with van der Waals surface area (Å²) in [6, 6.07) is 7.48. The molecule has 0 bridgehead atoms. The van der Waals surface area contributed by atoms with Crippen molar-refractivity contribution < 1.29 is 18.4 Å². The lowest BCUT2D eigenvalue weighted by Gasteiger charge is -2.29. The van der Waals surface area contributed by atoms with Gasteiger partial charge in [-0.1, -0.05) is 0 Å². The van der Waals surface area contributed by atoms with Crippen molar-refractivity contribution in [3.63, 3.8) is 0 Å². The number of ether oxygens (including phenoxy) is 1. The topological polar surface area (TPSA) is 62.3 Å². The molecule has 152 valence electrons. The van der Waals surface area contributed by atoms with E-state index in [1.807, 2.05) is 23.1 Å². The van der Waals surface area contributed by atoms with Gasteiger partial charge >= 0.3 is 0 Å². The number of likely N-dealkylation sites (tertiary alicyclic amines) is 1. The number of carbonyl (C=O) groups excluding carboxylic acids is 1. The second-order valence-electron chi connectivity index (χ2n) is 7.51. The largest absolute Gasteiger partial charge is 0.467 e. The van der Waals surface area contributed by atoms with Gasteiger partial charge in [-0.25, -0.2) is 0 Å². The van der Waals surface area contributed by atoms with E-state index in [-0.39, 0.29) is 5.91 Å². The lowest BCUT2D eigenvalue weighted by Crippen LogP contribution is -2.42. The molecule has 0 aliphatic carbocycles. The lowest BCUT2D eigenvalue weighted by molar-refractivity contribution is 0.0311. The maximum Gasteiger partial charge on any atom is 0.290 e. The third-order valence-electron chi connectivity index (χ3n) is 5.45. The second kappa shape index (κ2) is 9.41. The quantitative estimate of drug-likeness (QED) is 0.693. The van der Waals surface area contributed by atoms with E-state index < -0.39 is 0 Å². The molecule has 2 aliphatic heterocycles. The molecular weight excluding hydrogens is 358 g/mol. The molecule has 0 atom stereocenters. The standard InChI is InChI=1S/C21H29N3O4/c25-21(20-6-5-19(28-20)16-23-7-1-2-8-23)24(17-18-4-3-13-27-18)10-9-22-11-14-26-15-12-22/h3-6,13H,1-2,7-12,14-17H2. The normalized spacial score (nSPS) is 18.6. The number of morpholine rings is 1. The molecule has 2 aliphatic rings. The van der Waals surface area contributed by atoms with E-state index in [1.54, 1.807) is 12.3 Å². The average molecular weight is 387 g/mol. The maximum atomic E-state index is 13.1. The van der Waals surface area contributed by atoms with Crippen LogP contribution in [-0.2, 0) is 17.8 Å². The molecule has 0 unspecified atom stereocenters. The summed E-state index contributed by atoms with van der Waals surface area (Å²) < 4.78 is 16.8. The summed E-state index contributed by atoms with van der Waals surface area (Å²) in [6.07, 6.45) is 4.12. The number of furan rings is 2. The Hall–Kier alpha value is -2.09. The lowest BCUT2D eigenvalue weighted by atomic mass is 10.3. The van der Waals surface area contributed by atoms with E-state index in [0.29, 0.717) is 18.8 Å². The van der Waals surface area contributed by atoms with Crippen molar-refractivity contribution >= 4 is 5.91 Å². The molecule has 2 aromatic rings. The first-order chi connectivity index (χ1) is 13.8. The Balaban J connectivity index is 1.40. The van der Waals surface area contributed by atoms with Crippen LogP contribution in [0.15, 0.2) is 39.4 Å². The Morgan fingerprint density at radius 3 is 2.57 bits per heavy atom. The molecule has 0 saturated carbocycles. The fourth-order valence-electron chi connectivity index (χ4n) is 3.82. The van der Waals surface area contributed by atoms with Gasteiger partial charge in [-0.05, 0) is 50.2 Å². The predicted octanol–water partition coefficient (Wildman–Crippen LogP) is 2.44. The van der Waals surface area contributed by atoms with Gasteiger partial charge in [-0.2, -0.15) is 0 Å². The summed E-state index contributed by atoms with van der Waals surface area (Å²) in [5.74, 6) is 1.95. The minimum absolute atomic E-state index is 0.0858. The molecule has 0 spiro atoms. The molecule has 28 heavy (non-hydrogen) atoms. The molecule has 7 nitrogen and oxygen atoms in total. The third kappa shape index (κ3) is 5.04. The number of hydrogen-bond acceptors (Lipinski definition) is 6. The van der Waals surface area contributed by atoms with Crippen molar-refractivity contribution in [1.29, 1.82) is 0 Å². The summed E-state index contributed by atoms with van der Waals surface area (Å²) >= 11 is 0. The summed E-state index contributed by atoms with van der Waals surface area (Å²) in [4.78, 5) is 19.6. The molecule has 7 heteroatoms. The number of carbonyl (C=O) groups is 1. The van der Waals surface area contributed by atoms with Crippen LogP contribution in [-0.4, -0.2) is 73.1 Å². The average Bonchev–Trinajstić information content (AvgIpc) is 3.49. The van der Waals surface area contributed by atoms with Gasteiger partial charge in [0.15, 0.2) is 5.76 Å². The predicted molar refractivity (Wildman–Crippen MR) is 104 cm³/mol. The molecule has 0 radical (unpaired) electrons. The van der Waals surface area contributed by atoms with Crippen LogP contribution in [0.25, 0.3) is 0 Å². The number of amides is 1. The third-order valence-corrected chi connectivity index (χ3v) is 5.45. The molecule has 2 saturated heterocycles. The molecule has 4 rings (SSSR count). The van der Waals surface area contributed by atoms with Gasteiger partial charge in [0, 0.05) is 26.2 Å². The van der Waals surface area contributed by atoms with Crippen LogP contribution in [0, 0.1) is 0 Å². The van der Waals surface area contributed by atoms with Crippen molar-refractivity contribution in [3.05, 3.63) is 47.8 Å². The fraction of sp³-hybridized carbons (Fsp3) is 0.571. The van der Waals surface area contributed by atoms with E-state index in [1.165, 1.54) is 12.8 Å². The van der Waals surface area contributed by atoms with E-state index in [0.717, 1.165) is 64.0 Å². The summed E-state index contributed by atoms with van der Waals surface area (Å²) in [7, 11) is 0. The Morgan fingerprint density at radius 1 is 1.00 bits per heavy atom. The number of hydrogen-bond donors (Lipinski definition) is 0. The Labute approximate surface area is 165 Å². The van der Waals surface area contributed by atoms with Crippen LogP contribution < -0.4 is 0 Å². The van der Waals surface area contributed by atoms with Gasteiger partial charge in [0.1, 0.15) is 11.5 Å². The van der Waals surface area contributed by atoms with Crippen LogP contribution in [0.4, 0.5) is 0 Å². The van der Waals surface area contributed by atoms with E-state index in [4.69, 9.17) is 13.6 Å². The molecule has 2 aromatic heterocycles. The van der Waals surface area contributed by atoms with Crippen LogP contribution in [0.2, 0.25) is 0 Å². The highest BCUT2D eigenvalue weighted by molar-refractivity contribution is 5.91. The van der Waals surface area contributed by atoms with Gasteiger partial charge < -0.3 is 18.5 Å². The van der Waals surface area contributed by atoms with Crippen LogP contribution in [0.1, 0.15) is 34.9 Å². The summed E-state index contributed by atoms with van der Waals surface area (Å²) in [6.45, 7) is 8.19. The minimum Gasteiger partial charge on any atom is -0.467 e. The first-order valence-corrected chi connectivity index (χ1v) is 10.2. The van der Waals surface area contributed by atoms with Crippen LogP contribution in [0.5, 0.6) is 0 Å². The van der Waals surface area contributed by atoms with Crippen molar-refractivity contribution in [2.24, 2.45) is 0 Å². The molecular formula is C21H29N3O4. The minimum atomic E-state index is -0.0858. The molecule has 0 N–H and O–H groups in total. The molecule has 4 heterocycles. The number of rotatable bonds is 8. The van der Waals surface area contributed by atoms with Crippen LogP contribution in [0.3, 0.4) is 0 Å². The Morgan fingerprint density at radius 2 is 1.82 bits per heavy atom. The SMILES string of the molecule is O=C(c1ccc(CN2CCCC2)o1)N(CCN1CCOCC1)Cc1ccco1. The maximum absolute atomic E-state index is 13.1.